The van der Waals surface area contributed by atoms with Crippen molar-refractivity contribution in [3.05, 3.63) is 11.8 Å². The molecule has 1 aromatic heterocycles. The Balaban J connectivity index is 1.84. The molecule has 18 heavy (non-hydrogen) atoms. The van der Waals surface area contributed by atoms with E-state index in [1.165, 1.54) is 12.8 Å². The topological polar surface area (TPSA) is 76.2 Å². The first-order chi connectivity index (χ1) is 8.60. The molecule has 5 nitrogen and oxygen atoms in total. The van der Waals surface area contributed by atoms with Gasteiger partial charge in [-0.05, 0) is 25.7 Å². The summed E-state index contributed by atoms with van der Waals surface area (Å²) in [6.07, 6.45) is 7.02. The normalized spacial score (nSPS) is 18.1. The van der Waals surface area contributed by atoms with E-state index in [1.54, 1.807) is 0 Å². The average molecular weight is 252 g/mol. The van der Waals surface area contributed by atoms with Crippen molar-refractivity contribution in [3.8, 4) is 0 Å². The molecule has 0 aromatic carbocycles. The second kappa shape index (κ2) is 5.50. The highest BCUT2D eigenvalue weighted by atomic mass is 16.4. The predicted octanol–water partition coefficient (Wildman–Crippen LogP) is 2.70. The van der Waals surface area contributed by atoms with Gasteiger partial charge in [-0.3, -0.25) is 4.79 Å². The Kier molecular flexibility index (Phi) is 3.99. The van der Waals surface area contributed by atoms with E-state index in [1.807, 2.05) is 0 Å². The molecule has 0 unspecified atom stereocenters. The van der Waals surface area contributed by atoms with Gasteiger partial charge in [0.05, 0.1) is 0 Å². The van der Waals surface area contributed by atoms with Crippen molar-refractivity contribution in [3.63, 3.8) is 0 Å². The SMILES string of the molecule is CC1(c2nnc(CCCCC(=O)O)o2)CCCC1. The van der Waals surface area contributed by atoms with Gasteiger partial charge < -0.3 is 9.52 Å². The lowest BCUT2D eigenvalue weighted by atomic mass is 9.89. The number of carboxylic acids is 1. The fraction of sp³-hybridized carbons (Fsp3) is 0.769. The first-order valence-corrected chi connectivity index (χ1v) is 6.65. The number of carboxylic acid groups (broad SMARTS) is 1. The van der Waals surface area contributed by atoms with Crippen molar-refractivity contribution in [2.45, 2.75) is 63.7 Å². The predicted molar refractivity (Wildman–Crippen MR) is 65.3 cm³/mol. The van der Waals surface area contributed by atoms with E-state index in [-0.39, 0.29) is 11.8 Å². The van der Waals surface area contributed by atoms with Gasteiger partial charge in [-0.1, -0.05) is 19.8 Å². The number of nitrogens with zero attached hydrogens (tertiary/aromatic N) is 2. The summed E-state index contributed by atoms with van der Waals surface area (Å²) in [5.74, 6) is 0.649. The van der Waals surface area contributed by atoms with Crippen LogP contribution in [-0.4, -0.2) is 21.3 Å². The van der Waals surface area contributed by atoms with Crippen LogP contribution in [0.1, 0.15) is 63.7 Å². The molecule has 5 heteroatoms. The summed E-state index contributed by atoms with van der Waals surface area (Å²) in [6.45, 7) is 2.18. The molecule has 0 amide bonds. The highest BCUT2D eigenvalue weighted by Crippen LogP contribution is 2.39. The zero-order valence-electron chi connectivity index (χ0n) is 10.8. The van der Waals surface area contributed by atoms with Crippen LogP contribution in [0.5, 0.6) is 0 Å². The molecule has 0 spiro atoms. The van der Waals surface area contributed by atoms with Crippen LogP contribution in [0.3, 0.4) is 0 Å². The van der Waals surface area contributed by atoms with Gasteiger partial charge in [0, 0.05) is 18.3 Å². The second-order valence-corrected chi connectivity index (χ2v) is 5.37. The van der Waals surface area contributed by atoms with E-state index >= 15 is 0 Å². The number of rotatable bonds is 6. The molecule has 100 valence electrons. The van der Waals surface area contributed by atoms with Crippen molar-refractivity contribution in [1.82, 2.24) is 10.2 Å². The Labute approximate surface area is 107 Å². The van der Waals surface area contributed by atoms with Crippen LogP contribution in [0.25, 0.3) is 0 Å². The third-order valence-electron chi connectivity index (χ3n) is 3.72. The molecule has 1 aliphatic rings. The highest BCUT2D eigenvalue weighted by Gasteiger charge is 2.35. The Morgan fingerprint density at radius 3 is 2.72 bits per heavy atom. The van der Waals surface area contributed by atoms with E-state index in [2.05, 4.69) is 17.1 Å². The Morgan fingerprint density at radius 2 is 2.06 bits per heavy atom. The van der Waals surface area contributed by atoms with Gasteiger partial charge in [0.1, 0.15) is 0 Å². The maximum absolute atomic E-state index is 10.4. The largest absolute Gasteiger partial charge is 0.481 e. The van der Waals surface area contributed by atoms with E-state index in [0.717, 1.165) is 25.2 Å². The van der Waals surface area contributed by atoms with Gasteiger partial charge in [-0.2, -0.15) is 0 Å². The average Bonchev–Trinajstić information content (AvgIpc) is 2.94. The second-order valence-electron chi connectivity index (χ2n) is 5.37. The van der Waals surface area contributed by atoms with Crippen LogP contribution in [0.2, 0.25) is 0 Å². The summed E-state index contributed by atoms with van der Waals surface area (Å²) < 4.78 is 5.71. The summed E-state index contributed by atoms with van der Waals surface area (Å²) in [5, 5.41) is 16.8. The standard InChI is InChI=1S/C13H20N2O3/c1-13(8-4-5-9-13)12-15-14-10(18-12)6-2-3-7-11(16)17/h2-9H2,1H3,(H,16,17). The number of aryl methyl sites for hydroxylation is 1. The van der Waals surface area contributed by atoms with Crippen LogP contribution in [0, 0.1) is 0 Å². The first kappa shape index (κ1) is 13.1. The van der Waals surface area contributed by atoms with Crippen LogP contribution in [0.4, 0.5) is 0 Å². The Morgan fingerprint density at radius 1 is 1.33 bits per heavy atom. The lowest BCUT2D eigenvalue weighted by molar-refractivity contribution is -0.137. The molecule has 1 aromatic rings. The van der Waals surface area contributed by atoms with Crippen LogP contribution in [-0.2, 0) is 16.6 Å². The minimum absolute atomic E-state index is 0.0618. The van der Waals surface area contributed by atoms with E-state index in [9.17, 15) is 4.79 Å². The van der Waals surface area contributed by atoms with Crippen LogP contribution >= 0.6 is 0 Å². The molecule has 1 fully saturated rings. The molecule has 1 N–H and O–H groups in total. The molecule has 1 aliphatic carbocycles. The molecule has 1 saturated carbocycles. The zero-order valence-corrected chi connectivity index (χ0v) is 10.8. The highest BCUT2D eigenvalue weighted by molar-refractivity contribution is 5.66. The van der Waals surface area contributed by atoms with Crippen molar-refractivity contribution in [2.24, 2.45) is 0 Å². The van der Waals surface area contributed by atoms with Crippen LogP contribution in [0.15, 0.2) is 4.42 Å². The fourth-order valence-corrected chi connectivity index (χ4v) is 2.52. The third kappa shape index (κ3) is 3.09. The van der Waals surface area contributed by atoms with Gasteiger partial charge in [-0.15, -0.1) is 10.2 Å². The maximum Gasteiger partial charge on any atom is 0.303 e. The number of carbonyl (C=O) groups is 1. The number of aromatic nitrogens is 2. The molecule has 2 rings (SSSR count). The quantitative estimate of drug-likeness (QED) is 0.788. The maximum atomic E-state index is 10.4. The molecular weight excluding hydrogens is 232 g/mol. The molecular formula is C13H20N2O3. The van der Waals surface area contributed by atoms with E-state index < -0.39 is 5.97 Å². The summed E-state index contributed by atoms with van der Waals surface area (Å²) in [4.78, 5) is 10.4. The first-order valence-electron chi connectivity index (χ1n) is 6.65. The van der Waals surface area contributed by atoms with Crippen LogP contribution < -0.4 is 0 Å². The number of hydrogen-bond acceptors (Lipinski definition) is 4. The summed E-state index contributed by atoms with van der Waals surface area (Å²) in [7, 11) is 0. The Bertz CT molecular complexity index is 408. The number of aliphatic carboxylic acids is 1. The lowest BCUT2D eigenvalue weighted by Gasteiger charge is -2.17. The van der Waals surface area contributed by atoms with Crippen molar-refractivity contribution < 1.29 is 14.3 Å². The minimum atomic E-state index is -0.750. The summed E-state index contributed by atoms with van der Waals surface area (Å²) in [5.41, 5.74) is 0.0618. The molecule has 0 atom stereocenters. The minimum Gasteiger partial charge on any atom is -0.481 e. The smallest absolute Gasteiger partial charge is 0.303 e. The fourth-order valence-electron chi connectivity index (χ4n) is 2.52. The van der Waals surface area contributed by atoms with Gasteiger partial charge >= 0.3 is 5.97 Å². The number of unbranched alkanes of at least 4 members (excludes halogenated alkanes) is 1. The molecule has 0 radical (unpaired) electrons. The summed E-state index contributed by atoms with van der Waals surface area (Å²) in [6, 6.07) is 0. The monoisotopic (exact) mass is 252 g/mol. The zero-order chi connectivity index (χ0) is 13.0. The van der Waals surface area contributed by atoms with Gasteiger partial charge in [-0.25, -0.2) is 0 Å². The molecule has 0 saturated heterocycles. The lowest BCUT2D eigenvalue weighted by Crippen LogP contribution is -2.17. The van der Waals surface area contributed by atoms with Crippen molar-refractivity contribution in [1.29, 1.82) is 0 Å². The molecule has 0 bridgehead atoms. The molecule has 0 aliphatic heterocycles. The number of hydrogen-bond donors (Lipinski definition) is 1. The van der Waals surface area contributed by atoms with Gasteiger partial charge in [0.25, 0.3) is 0 Å². The van der Waals surface area contributed by atoms with Crippen molar-refractivity contribution >= 4 is 5.97 Å². The Hall–Kier alpha value is -1.39. The van der Waals surface area contributed by atoms with Gasteiger partial charge in [0.15, 0.2) is 0 Å². The van der Waals surface area contributed by atoms with Gasteiger partial charge in [0.2, 0.25) is 11.8 Å². The van der Waals surface area contributed by atoms with E-state index in [4.69, 9.17) is 9.52 Å². The summed E-state index contributed by atoms with van der Waals surface area (Å²) >= 11 is 0. The van der Waals surface area contributed by atoms with E-state index in [0.29, 0.717) is 18.7 Å². The molecule has 1 heterocycles. The third-order valence-corrected chi connectivity index (χ3v) is 3.72. The van der Waals surface area contributed by atoms with Crippen molar-refractivity contribution in [2.75, 3.05) is 0 Å².